The first-order valence-corrected chi connectivity index (χ1v) is 8.99. The lowest BCUT2D eigenvalue weighted by Crippen LogP contribution is -2.42. The van der Waals surface area contributed by atoms with Crippen molar-refractivity contribution in [2.75, 3.05) is 13.1 Å². The molecule has 2 heterocycles. The molecule has 4 rings (SSSR count). The van der Waals surface area contributed by atoms with Gasteiger partial charge in [0.15, 0.2) is 0 Å². The first-order valence-electron chi connectivity index (χ1n) is 8.99. The highest BCUT2D eigenvalue weighted by molar-refractivity contribution is 6.02. The van der Waals surface area contributed by atoms with Gasteiger partial charge in [-0.2, -0.15) is 0 Å². The maximum atomic E-state index is 13.1. The number of H-pyrrole nitrogens is 1. The standard InChI is InChI=1S/C21H20N4O3/c1-12-19(15-8-4-5-9-16(15)24-12)20-13-6-2-3-7-14(13)21(28)25(20)11-18(27)23-10-17(22)26/h2-9,20,24H,10-11H2,1H3,(H2,22,26)(H,23,27)/t20-/m1/s1. The molecule has 2 aromatic carbocycles. The molecule has 1 aromatic heterocycles. The van der Waals surface area contributed by atoms with Crippen LogP contribution in [-0.4, -0.2) is 40.7 Å². The van der Waals surface area contributed by atoms with E-state index in [-0.39, 0.29) is 25.0 Å². The van der Waals surface area contributed by atoms with E-state index < -0.39 is 11.8 Å². The number of nitrogens with two attached hydrogens (primary N) is 1. The van der Waals surface area contributed by atoms with E-state index >= 15 is 0 Å². The average molecular weight is 376 g/mol. The Hall–Kier alpha value is -3.61. The topological polar surface area (TPSA) is 108 Å². The van der Waals surface area contributed by atoms with E-state index in [1.807, 2.05) is 49.4 Å². The van der Waals surface area contributed by atoms with E-state index in [1.165, 1.54) is 0 Å². The molecule has 4 N–H and O–H groups in total. The molecule has 7 heteroatoms. The summed E-state index contributed by atoms with van der Waals surface area (Å²) in [6.45, 7) is 1.54. The summed E-state index contributed by atoms with van der Waals surface area (Å²) in [5.41, 5.74) is 9.43. The first kappa shape index (κ1) is 17.8. The number of nitrogens with zero attached hydrogens (tertiary/aromatic N) is 1. The summed E-state index contributed by atoms with van der Waals surface area (Å²) in [6.07, 6.45) is 0. The van der Waals surface area contributed by atoms with Gasteiger partial charge < -0.3 is 20.9 Å². The average Bonchev–Trinajstić information content (AvgIpc) is 3.14. The van der Waals surface area contributed by atoms with Crippen molar-refractivity contribution >= 4 is 28.6 Å². The first-order chi connectivity index (χ1) is 13.5. The molecule has 1 aliphatic rings. The second-order valence-corrected chi connectivity index (χ2v) is 6.88. The Morgan fingerprint density at radius 2 is 1.86 bits per heavy atom. The fourth-order valence-corrected chi connectivity index (χ4v) is 3.89. The third-order valence-electron chi connectivity index (χ3n) is 5.05. The largest absolute Gasteiger partial charge is 0.368 e. The molecule has 0 fully saturated rings. The zero-order valence-corrected chi connectivity index (χ0v) is 15.4. The number of primary amides is 1. The lowest BCUT2D eigenvalue weighted by molar-refractivity contribution is -0.125. The van der Waals surface area contributed by atoms with Gasteiger partial charge in [0.2, 0.25) is 11.8 Å². The predicted octanol–water partition coefficient (Wildman–Crippen LogP) is 1.62. The highest BCUT2D eigenvalue weighted by Gasteiger charge is 2.40. The minimum Gasteiger partial charge on any atom is -0.368 e. The molecule has 0 saturated carbocycles. The summed E-state index contributed by atoms with van der Waals surface area (Å²) in [6, 6.07) is 14.9. The lowest BCUT2D eigenvalue weighted by Gasteiger charge is -2.25. The van der Waals surface area contributed by atoms with Crippen molar-refractivity contribution < 1.29 is 14.4 Å². The van der Waals surface area contributed by atoms with Gasteiger partial charge in [0.25, 0.3) is 5.91 Å². The summed E-state index contributed by atoms with van der Waals surface area (Å²) in [5, 5.41) is 3.47. The molecule has 7 nitrogen and oxygen atoms in total. The molecule has 0 bridgehead atoms. The van der Waals surface area contributed by atoms with Gasteiger partial charge in [0.1, 0.15) is 6.54 Å². The van der Waals surface area contributed by atoms with Crippen molar-refractivity contribution in [1.29, 1.82) is 0 Å². The number of amides is 3. The molecule has 0 radical (unpaired) electrons. The number of hydrogen-bond donors (Lipinski definition) is 3. The Morgan fingerprint density at radius 1 is 1.14 bits per heavy atom. The maximum Gasteiger partial charge on any atom is 0.255 e. The van der Waals surface area contributed by atoms with Gasteiger partial charge in [-0.25, -0.2) is 0 Å². The summed E-state index contributed by atoms with van der Waals surface area (Å²) < 4.78 is 0. The number of fused-ring (bicyclic) bond motifs is 2. The Balaban J connectivity index is 1.79. The number of carbonyl (C=O) groups excluding carboxylic acids is 3. The Morgan fingerprint density at radius 3 is 2.64 bits per heavy atom. The van der Waals surface area contributed by atoms with E-state index in [2.05, 4.69) is 10.3 Å². The summed E-state index contributed by atoms with van der Waals surface area (Å²) in [5.74, 6) is -1.27. The number of nitrogens with one attached hydrogen (secondary N) is 2. The Labute approximate surface area is 161 Å². The van der Waals surface area contributed by atoms with Crippen LogP contribution in [0.25, 0.3) is 10.9 Å². The molecule has 0 aliphatic carbocycles. The normalized spacial score (nSPS) is 15.7. The third-order valence-corrected chi connectivity index (χ3v) is 5.05. The SMILES string of the molecule is Cc1[nH]c2ccccc2c1[C@H]1c2ccccc2C(=O)N1CC(=O)NCC(N)=O. The van der Waals surface area contributed by atoms with Gasteiger partial charge in [0, 0.05) is 27.7 Å². The molecule has 0 unspecified atom stereocenters. The number of aryl methyl sites for hydroxylation is 1. The smallest absolute Gasteiger partial charge is 0.255 e. The fraction of sp³-hybridized carbons (Fsp3) is 0.190. The van der Waals surface area contributed by atoms with E-state index in [0.717, 1.165) is 27.7 Å². The van der Waals surface area contributed by atoms with Gasteiger partial charge in [-0.15, -0.1) is 0 Å². The molecular formula is C21H20N4O3. The van der Waals surface area contributed by atoms with Crippen LogP contribution in [0.4, 0.5) is 0 Å². The maximum absolute atomic E-state index is 13.1. The molecule has 1 atom stereocenters. The highest BCUT2D eigenvalue weighted by Crippen LogP contribution is 2.42. The highest BCUT2D eigenvalue weighted by atomic mass is 16.2. The second-order valence-electron chi connectivity index (χ2n) is 6.88. The number of rotatable bonds is 5. The third kappa shape index (κ3) is 2.90. The number of aromatic amines is 1. The van der Waals surface area contributed by atoms with Crippen LogP contribution in [0.15, 0.2) is 48.5 Å². The van der Waals surface area contributed by atoms with E-state index in [9.17, 15) is 14.4 Å². The van der Waals surface area contributed by atoms with Crippen molar-refractivity contribution in [3.63, 3.8) is 0 Å². The number of para-hydroxylation sites is 1. The van der Waals surface area contributed by atoms with Crippen molar-refractivity contribution in [1.82, 2.24) is 15.2 Å². The van der Waals surface area contributed by atoms with Crippen LogP contribution < -0.4 is 11.1 Å². The van der Waals surface area contributed by atoms with Crippen LogP contribution in [0.5, 0.6) is 0 Å². The molecule has 28 heavy (non-hydrogen) atoms. The number of benzene rings is 2. The van der Waals surface area contributed by atoms with Crippen molar-refractivity contribution in [2.45, 2.75) is 13.0 Å². The monoisotopic (exact) mass is 376 g/mol. The van der Waals surface area contributed by atoms with Crippen LogP contribution in [-0.2, 0) is 9.59 Å². The molecule has 0 saturated heterocycles. The number of carbonyl (C=O) groups is 3. The summed E-state index contributed by atoms with van der Waals surface area (Å²) in [4.78, 5) is 41.3. The van der Waals surface area contributed by atoms with Crippen LogP contribution in [0, 0.1) is 6.92 Å². The van der Waals surface area contributed by atoms with Gasteiger partial charge >= 0.3 is 0 Å². The van der Waals surface area contributed by atoms with E-state index in [0.29, 0.717) is 5.56 Å². The predicted molar refractivity (Wildman–Crippen MR) is 105 cm³/mol. The Kier molecular flexibility index (Phi) is 4.35. The minimum atomic E-state index is -0.631. The Bertz CT molecular complexity index is 1100. The summed E-state index contributed by atoms with van der Waals surface area (Å²) >= 11 is 0. The van der Waals surface area contributed by atoms with Crippen LogP contribution in [0.2, 0.25) is 0 Å². The molecular weight excluding hydrogens is 356 g/mol. The number of aromatic nitrogens is 1. The van der Waals surface area contributed by atoms with Gasteiger partial charge in [-0.3, -0.25) is 14.4 Å². The molecule has 3 aromatic rings. The van der Waals surface area contributed by atoms with Crippen LogP contribution in [0.1, 0.15) is 33.2 Å². The van der Waals surface area contributed by atoms with Crippen molar-refractivity contribution in [2.24, 2.45) is 5.73 Å². The quantitative estimate of drug-likeness (QED) is 0.630. The molecule has 142 valence electrons. The van der Waals surface area contributed by atoms with E-state index in [1.54, 1.807) is 11.0 Å². The van der Waals surface area contributed by atoms with Gasteiger partial charge in [-0.1, -0.05) is 36.4 Å². The van der Waals surface area contributed by atoms with Crippen molar-refractivity contribution in [3.8, 4) is 0 Å². The summed E-state index contributed by atoms with van der Waals surface area (Å²) in [7, 11) is 0. The zero-order chi connectivity index (χ0) is 19.8. The zero-order valence-electron chi connectivity index (χ0n) is 15.4. The van der Waals surface area contributed by atoms with Crippen molar-refractivity contribution in [3.05, 3.63) is 70.9 Å². The molecule has 0 spiro atoms. The van der Waals surface area contributed by atoms with E-state index in [4.69, 9.17) is 5.73 Å². The lowest BCUT2D eigenvalue weighted by atomic mass is 9.95. The van der Waals surface area contributed by atoms with Gasteiger partial charge in [-0.05, 0) is 24.6 Å². The fourth-order valence-electron chi connectivity index (χ4n) is 3.89. The second kappa shape index (κ2) is 6.84. The molecule has 3 amide bonds. The van der Waals surface area contributed by atoms with Crippen LogP contribution >= 0.6 is 0 Å². The van der Waals surface area contributed by atoms with Crippen LogP contribution in [0.3, 0.4) is 0 Å². The minimum absolute atomic E-state index is 0.162. The number of hydrogen-bond acceptors (Lipinski definition) is 3. The molecule has 1 aliphatic heterocycles. The van der Waals surface area contributed by atoms with Gasteiger partial charge in [0.05, 0.1) is 12.6 Å².